The lowest BCUT2D eigenvalue weighted by atomic mass is 10.1. The van der Waals surface area contributed by atoms with Gasteiger partial charge in [0.15, 0.2) is 0 Å². The van der Waals surface area contributed by atoms with Crippen LogP contribution in [0.2, 0.25) is 0 Å². The fraction of sp³-hybridized carbons (Fsp3) is 0.500. The molecule has 2 nitrogen and oxygen atoms in total. The number of hydrogen-bond acceptors (Lipinski definition) is 3. The Balaban J connectivity index is 2.84. The maximum atomic E-state index is 4.15. The van der Waals surface area contributed by atoms with Gasteiger partial charge < -0.3 is 5.32 Å². The van der Waals surface area contributed by atoms with Crippen molar-refractivity contribution in [3.63, 3.8) is 0 Å². The van der Waals surface area contributed by atoms with Gasteiger partial charge in [0.25, 0.3) is 0 Å². The highest BCUT2D eigenvalue weighted by Gasteiger charge is 2.10. The zero-order chi connectivity index (χ0) is 9.68. The van der Waals surface area contributed by atoms with Crippen LogP contribution in [0.15, 0.2) is 18.5 Å². The minimum atomic E-state index is 0.420. The van der Waals surface area contributed by atoms with E-state index in [2.05, 4.69) is 29.5 Å². The predicted octanol–water partition coefficient (Wildman–Crippen LogP) is 2.01. The number of hydrogen-bond donors (Lipinski definition) is 1. The second kappa shape index (κ2) is 5.25. The van der Waals surface area contributed by atoms with E-state index >= 15 is 0 Å². The molecule has 13 heavy (non-hydrogen) atoms. The molecule has 1 rings (SSSR count). The van der Waals surface area contributed by atoms with E-state index in [4.69, 9.17) is 0 Å². The summed E-state index contributed by atoms with van der Waals surface area (Å²) in [5, 5.41) is 3.30. The summed E-state index contributed by atoms with van der Waals surface area (Å²) < 4.78 is 0. The summed E-state index contributed by atoms with van der Waals surface area (Å²) in [7, 11) is 1.99. The van der Waals surface area contributed by atoms with E-state index in [9.17, 15) is 0 Å². The Morgan fingerprint density at radius 2 is 2.38 bits per heavy atom. The minimum absolute atomic E-state index is 0.420. The summed E-state index contributed by atoms with van der Waals surface area (Å²) in [6.45, 7) is 2.13. The predicted molar refractivity (Wildman–Crippen MR) is 59.2 cm³/mol. The number of aryl methyl sites for hydroxylation is 1. The van der Waals surface area contributed by atoms with Gasteiger partial charge in [-0.2, -0.15) is 11.8 Å². The number of rotatable bonds is 4. The lowest BCUT2D eigenvalue weighted by molar-refractivity contribution is 0.655. The van der Waals surface area contributed by atoms with E-state index in [0.29, 0.717) is 6.04 Å². The van der Waals surface area contributed by atoms with Crippen molar-refractivity contribution in [1.82, 2.24) is 10.3 Å². The Kier molecular flexibility index (Phi) is 4.25. The van der Waals surface area contributed by atoms with Crippen LogP contribution in [-0.2, 0) is 0 Å². The molecular formula is C10H16N2S. The summed E-state index contributed by atoms with van der Waals surface area (Å²) in [5.74, 6) is 1.09. The maximum absolute atomic E-state index is 4.15. The first-order chi connectivity index (χ1) is 6.29. The lowest BCUT2D eigenvalue weighted by Gasteiger charge is -2.16. The van der Waals surface area contributed by atoms with Crippen LogP contribution in [0.3, 0.4) is 0 Å². The fourth-order valence-electron chi connectivity index (χ4n) is 1.34. The molecule has 0 aliphatic carbocycles. The van der Waals surface area contributed by atoms with E-state index in [0.717, 1.165) is 5.75 Å². The van der Waals surface area contributed by atoms with E-state index in [1.165, 1.54) is 11.1 Å². The largest absolute Gasteiger partial charge is 0.312 e. The number of aromatic nitrogens is 1. The van der Waals surface area contributed by atoms with Crippen LogP contribution in [-0.4, -0.2) is 24.0 Å². The molecule has 0 spiro atoms. The van der Waals surface area contributed by atoms with Gasteiger partial charge in [-0.3, -0.25) is 4.98 Å². The monoisotopic (exact) mass is 196 g/mol. The van der Waals surface area contributed by atoms with Gasteiger partial charge in [-0.15, -0.1) is 0 Å². The highest BCUT2D eigenvalue weighted by Crippen LogP contribution is 2.18. The Bertz CT molecular complexity index is 263. The Morgan fingerprint density at radius 1 is 1.62 bits per heavy atom. The van der Waals surface area contributed by atoms with Crippen LogP contribution in [0.5, 0.6) is 0 Å². The smallest absolute Gasteiger partial charge is 0.0427 e. The quantitative estimate of drug-likeness (QED) is 0.797. The van der Waals surface area contributed by atoms with Crippen molar-refractivity contribution in [3.8, 4) is 0 Å². The highest BCUT2D eigenvalue weighted by molar-refractivity contribution is 7.98. The molecule has 3 heteroatoms. The second-order valence-corrected chi connectivity index (χ2v) is 3.94. The van der Waals surface area contributed by atoms with Crippen molar-refractivity contribution in [1.29, 1.82) is 0 Å². The molecule has 1 aromatic heterocycles. The van der Waals surface area contributed by atoms with Crippen molar-refractivity contribution >= 4 is 11.8 Å². The third-order valence-corrected chi connectivity index (χ3v) is 2.80. The topological polar surface area (TPSA) is 24.9 Å². The summed E-state index contributed by atoms with van der Waals surface area (Å²) >= 11 is 1.85. The first-order valence-electron chi connectivity index (χ1n) is 4.36. The molecule has 0 amide bonds. The van der Waals surface area contributed by atoms with Crippen molar-refractivity contribution in [3.05, 3.63) is 29.6 Å². The molecule has 0 aromatic carbocycles. The van der Waals surface area contributed by atoms with Gasteiger partial charge in [-0.1, -0.05) is 0 Å². The van der Waals surface area contributed by atoms with E-state index in [1.807, 2.05) is 31.2 Å². The average molecular weight is 196 g/mol. The number of thioether (sulfide) groups is 1. The molecule has 0 aliphatic rings. The first-order valence-corrected chi connectivity index (χ1v) is 5.75. The third kappa shape index (κ3) is 2.71. The van der Waals surface area contributed by atoms with Crippen LogP contribution < -0.4 is 5.32 Å². The summed E-state index contributed by atoms with van der Waals surface area (Å²) in [6, 6.07) is 2.48. The SMILES string of the molecule is CNC(CSC)c1cnccc1C. The summed E-state index contributed by atoms with van der Waals surface area (Å²) in [6.07, 6.45) is 5.91. The van der Waals surface area contributed by atoms with Gasteiger partial charge in [0, 0.05) is 24.2 Å². The molecule has 72 valence electrons. The van der Waals surface area contributed by atoms with Gasteiger partial charge in [-0.25, -0.2) is 0 Å². The van der Waals surface area contributed by atoms with E-state index in [-0.39, 0.29) is 0 Å². The zero-order valence-electron chi connectivity index (χ0n) is 8.37. The Hall–Kier alpha value is -0.540. The first kappa shape index (κ1) is 10.5. The maximum Gasteiger partial charge on any atom is 0.0427 e. The normalized spacial score (nSPS) is 12.8. The van der Waals surface area contributed by atoms with Gasteiger partial charge >= 0.3 is 0 Å². The number of nitrogens with zero attached hydrogens (tertiary/aromatic N) is 1. The van der Waals surface area contributed by atoms with Crippen molar-refractivity contribution < 1.29 is 0 Å². The molecule has 0 aliphatic heterocycles. The molecule has 0 radical (unpaired) electrons. The molecule has 1 unspecified atom stereocenters. The number of nitrogens with one attached hydrogen (secondary N) is 1. The lowest BCUT2D eigenvalue weighted by Crippen LogP contribution is -2.19. The second-order valence-electron chi connectivity index (χ2n) is 3.03. The van der Waals surface area contributed by atoms with Crippen molar-refractivity contribution in [2.45, 2.75) is 13.0 Å². The van der Waals surface area contributed by atoms with Crippen LogP contribution in [0.25, 0.3) is 0 Å². The highest BCUT2D eigenvalue weighted by atomic mass is 32.2. The van der Waals surface area contributed by atoms with Crippen LogP contribution in [0, 0.1) is 6.92 Å². The van der Waals surface area contributed by atoms with Gasteiger partial charge in [0.1, 0.15) is 0 Å². The molecule has 0 saturated heterocycles. The fourth-order valence-corrected chi connectivity index (χ4v) is 2.02. The zero-order valence-corrected chi connectivity index (χ0v) is 9.19. The van der Waals surface area contributed by atoms with Gasteiger partial charge in [0.05, 0.1) is 0 Å². The molecule has 1 atom stereocenters. The van der Waals surface area contributed by atoms with Crippen molar-refractivity contribution in [2.75, 3.05) is 19.1 Å². The summed E-state index contributed by atoms with van der Waals surface area (Å²) in [5.41, 5.74) is 2.61. The van der Waals surface area contributed by atoms with E-state index in [1.54, 1.807) is 0 Å². The molecule has 1 N–H and O–H groups in total. The molecule has 1 heterocycles. The van der Waals surface area contributed by atoms with Crippen LogP contribution >= 0.6 is 11.8 Å². The minimum Gasteiger partial charge on any atom is -0.312 e. The van der Waals surface area contributed by atoms with Crippen LogP contribution in [0.1, 0.15) is 17.2 Å². The van der Waals surface area contributed by atoms with E-state index < -0.39 is 0 Å². The summed E-state index contributed by atoms with van der Waals surface area (Å²) in [4.78, 5) is 4.15. The number of pyridine rings is 1. The molecule has 0 bridgehead atoms. The molecule has 0 fully saturated rings. The Labute approximate surface area is 84.1 Å². The molecule has 0 saturated carbocycles. The standard InChI is InChI=1S/C10H16N2S/c1-8-4-5-12-6-9(8)10(11-2)7-13-3/h4-6,10-11H,7H2,1-3H3. The molecular weight excluding hydrogens is 180 g/mol. The van der Waals surface area contributed by atoms with Crippen molar-refractivity contribution in [2.24, 2.45) is 0 Å². The Morgan fingerprint density at radius 3 is 2.92 bits per heavy atom. The average Bonchev–Trinajstić information content (AvgIpc) is 2.16. The van der Waals surface area contributed by atoms with Gasteiger partial charge in [0.2, 0.25) is 0 Å². The third-order valence-electron chi connectivity index (χ3n) is 2.14. The van der Waals surface area contributed by atoms with Crippen LogP contribution in [0.4, 0.5) is 0 Å². The molecule has 1 aromatic rings. The van der Waals surface area contributed by atoms with Gasteiger partial charge in [-0.05, 0) is 37.4 Å².